The van der Waals surface area contributed by atoms with Gasteiger partial charge in [-0.2, -0.15) is 0 Å². The number of rotatable bonds is 9. The first-order chi connectivity index (χ1) is 19.7. The summed E-state index contributed by atoms with van der Waals surface area (Å²) in [7, 11) is -3.72. The van der Waals surface area contributed by atoms with Crippen LogP contribution in [0.5, 0.6) is 0 Å². The van der Waals surface area contributed by atoms with Gasteiger partial charge in [-0.05, 0) is 80.0 Å². The van der Waals surface area contributed by atoms with Gasteiger partial charge in [0.1, 0.15) is 5.82 Å². The maximum Gasteiger partial charge on any atom is 0.241 e. The number of carbonyl (C=O) groups is 1. The van der Waals surface area contributed by atoms with E-state index >= 15 is 0 Å². The minimum absolute atomic E-state index is 0.0190. The molecule has 2 atom stereocenters. The summed E-state index contributed by atoms with van der Waals surface area (Å²) in [5.74, 6) is 0.684. The van der Waals surface area contributed by atoms with Gasteiger partial charge in [-0.25, -0.2) is 23.1 Å². The molecule has 0 saturated carbocycles. The van der Waals surface area contributed by atoms with Crippen molar-refractivity contribution in [2.24, 2.45) is 0 Å². The molecule has 5 rings (SSSR count). The van der Waals surface area contributed by atoms with Crippen LogP contribution in [0.25, 0.3) is 0 Å². The molecule has 0 spiro atoms. The molecule has 8 heteroatoms. The van der Waals surface area contributed by atoms with E-state index in [4.69, 9.17) is 0 Å². The van der Waals surface area contributed by atoms with Gasteiger partial charge in [0.25, 0.3) is 0 Å². The van der Waals surface area contributed by atoms with Gasteiger partial charge >= 0.3 is 0 Å². The first kappa shape index (κ1) is 28.6. The van der Waals surface area contributed by atoms with Crippen LogP contribution in [0.15, 0.2) is 90.1 Å². The van der Waals surface area contributed by atoms with Gasteiger partial charge in [0.05, 0.1) is 11.4 Å². The Hall–Kier alpha value is -3.88. The normalized spacial score (nSPS) is 15.6. The zero-order valence-corrected chi connectivity index (χ0v) is 24.6. The Labute approximate surface area is 242 Å². The van der Waals surface area contributed by atoms with Gasteiger partial charge in [-0.3, -0.25) is 4.79 Å². The van der Waals surface area contributed by atoms with Gasteiger partial charge in [-0.1, -0.05) is 61.0 Å². The Kier molecular flexibility index (Phi) is 8.61. The van der Waals surface area contributed by atoms with Crippen molar-refractivity contribution in [1.82, 2.24) is 14.7 Å². The van der Waals surface area contributed by atoms with E-state index in [1.807, 2.05) is 62.4 Å². The zero-order chi connectivity index (χ0) is 29.0. The largest absolute Gasteiger partial charge is 0.308 e. The lowest BCUT2D eigenvalue weighted by Gasteiger charge is -2.30. The SMILES string of the molecule is Cc1ccc(S(=O)(=O)N[C@H]2CCCc3ccc(N(Cc4cnc(C)nc4)C(=O)C[C@@H](C)c4ccccc4)cc32)cc1. The second-order valence-corrected chi connectivity index (χ2v) is 12.6. The molecular formula is C33H36N4O3S. The van der Waals surface area contributed by atoms with Crippen LogP contribution in [0.3, 0.4) is 0 Å². The lowest BCUT2D eigenvalue weighted by Crippen LogP contribution is -2.33. The molecule has 4 aromatic rings. The highest BCUT2D eigenvalue weighted by atomic mass is 32.2. The van der Waals surface area contributed by atoms with Crippen LogP contribution in [-0.4, -0.2) is 24.3 Å². The molecule has 0 fully saturated rings. The second-order valence-electron chi connectivity index (χ2n) is 10.9. The fourth-order valence-corrected chi connectivity index (χ4v) is 6.58. The van der Waals surface area contributed by atoms with Crippen molar-refractivity contribution in [1.29, 1.82) is 0 Å². The molecular weight excluding hydrogens is 532 g/mol. The monoisotopic (exact) mass is 568 g/mol. The van der Waals surface area contributed by atoms with E-state index in [2.05, 4.69) is 21.6 Å². The summed E-state index contributed by atoms with van der Waals surface area (Å²) in [5.41, 5.74) is 5.68. The highest BCUT2D eigenvalue weighted by molar-refractivity contribution is 7.89. The molecule has 0 aliphatic heterocycles. The Bertz CT molecular complexity index is 1610. The van der Waals surface area contributed by atoms with E-state index in [0.717, 1.165) is 46.3 Å². The van der Waals surface area contributed by atoms with Gasteiger partial charge in [-0.15, -0.1) is 0 Å². The minimum atomic E-state index is -3.72. The van der Waals surface area contributed by atoms with Crippen molar-refractivity contribution in [3.05, 3.63) is 119 Å². The number of fused-ring (bicyclic) bond motifs is 1. The lowest BCUT2D eigenvalue weighted by atomic mass is 9.87. The number of nitrogens with one attached hydrogen (secondary N) is 1. The van der Waals surface area contributed by atoms with Gasteiger partial charge in [0, 0.05) is 36.1 Å². The predicted molar refractivity (Wildman–Crippen MR) is 161 cm³/mol. The maximum atomic E-state index is 13.9. The molecule has 1 N–H and O–H groups in total. The molecule has 3 aromatic carbocycles. The molecule has 1 aliphatic carbocycles. The Balaban J connectivity index is 1.46. The van der Waals surface area contributed by atoms with E-state index in [-0.39, 0.29) is 22.8 Å². The third-order valence-electron chi connectivity index (χ3n) is 7.71. The van der Waals surface area contributed by atoms with Crippen molar-refractivity contribution >= 4 is 21.6 Å². The van der Waals surface area contributed by atoms with Crippen molar-refractivity contribution in [3.63, 3.8) is 0 Å². The Morgan fingerprint density at radius 3 is 2.41 bits per heavy atom. The highest BCUT2D eigenvalue weighted by Gasteiger charge is 2.28. The summed E-state index contributed by atoms with van der Waals surface area (Å²) in [5, 5.41) is 0. The number of amides is 1. The zero-order valence-electron chi connectivity index (χ0n) is 23.7. The van der Waals surface area contributed by atoms with Crippen LogP contribution in [0, 0.1) is 13.8 Å². The van der Waals surface area contributed by atoms with Crippen LogP contribution in [-0.2, 0) is 27.8 Å². The average Bonchev–Trinajstić information content (AvgIpc) is 2.97. The first-order valence-corrected chi connectivity index (χ1v) is 15.5. The molecule has 0 radical (unpaired) electrons. The average molecular weight is 569 g/mol. The fraction of sp³-hybridized carbons (Fsp3) is 0.303. The number of aryl methyl sites for hydroxylation is 3. The van der Waals surface area contributed by atoms with Gasteiger partial charge in [0.15, 0.2) is 0 Å². The molecule has 7 nitrogen and oxygen atoms in total. The summed E-state index contributed by atoms with van der Waals surface area (Å²) in [6, 6.07) is 22.5. The molecule has 0 saturated heterocycles. The molecule has 1 heterocycles. The fourth-order valence-electron chi connectivity index (χ4n) is 5.33. The first-order valence-electron chi connectivity index (χ1n) is 14.0. The number of hydrogen-bond acceptors (Lipinski definition) is 5. The number of sulfonamides is 1. The Morgan fingerprint density at radius 2 is 1.71 bits per heavy atom. The number of hydrogen-bond donors (Lipinski definition) is 1. The Morgan fingerprint density at radius 1 is 1.00 bits per heavy atom. The van der Waals surface area contributed by atoms with E-state index in [1.54, 1.807) is 41.6 Å². The van der Waals surface area contributed by atoms with E-state index in [9.17, 15) is 13.2 Å². The number of benzene rings is 3. The standard InChI is InChI=1S/C33H36N4O3S/c1-23-12-16-30(17-13-23)41(39,40)36-32-11-7-10-28-14-15-29(19-31(28)32)37(22-26-20-34-25(3)35-21-26)33(38)18-24(2)27-8-5-4-6-9-27/h4-6,8-9,12-17,19-21,24,32,36H,7,10-11,18,22H2,1-3H3/t24-,32+/m1/s1. The van der Waals surface area contributed by atoms with E-state index < -0.39 is 10.0 Å². The van der Waals surface area contributed by atoms with E-state index in [1.165, 1.54) is 0 Å². The van der Waals surface area contributed by atoms with Crippen molar-refractivity contribution in [3.8, 4) is 0 Å². The van der Waals surface area contributed by atoms with Crippen molar-refractivity contribution in [2.45, 2.75) is 69.9 Å². The molecule has 41 heavy (non-hydrogen) atoms. The lowest BCUT2D eigenvalue weighted by molar-refractivity contribution is -0.119. The van der Waals surface area contributed by atoms with Crippen molar-refractivity contribution < 1.29 is 13.2 Å². The third-order valence-corrected chi connectivity index (χ3v) is 9.20. The minimum Gasteiger partial charge on any atom is -0.308 e. The number of aromatic nitrogens is 2. The van der Waals surface area contributed by atoms with Crippen LogP contribution >= 0.6 is 0 Å². The molecule has 1 amide bonds. The summed E-state index contributed by atoms with van der Waals surface area (Å²) in [4.78, 5) is 24.5. The second kappa shape index (κ2) is 12.3. The van der Waals surface area contributed by atoms with Gasteiger partial charge in [0.2, 0.25) is 15.9 Å². The van der Waals surface area contributed by atoms with Crippen LogP contribution < -0.4 is 9.62 Å². The van der Waals surface area contributed by atoms with Crippen LogP contribution in [0.2, 0.25) is 0 Å². The van der Waals surface area contributed by atoms with Crippen LogP contribution in [0.4, 0.5) is 5.69 Å². The number of anilines is 1. The highest BCUT2D eigenvalue weighted by Crippen LogP contribution is 2.35. The van der Waals surface area contributed by atoms with Gasteiger partial charge < -0.3 is 4.90 Å². The predicted octanol–water partition coefficient (Wildman–Crippen LogP) is 6.18. The molecule has 0 unspecified atom stereocenters. The quantitative estimate of drug-likeness (QED) is 0.260. The number of carbonyl (C=O) groups excluding carboxylic acids is 1. The van der Waals surface area contributed by atoms with Crippen molar-refractivity contribution in [2.75, 3.05) is 4.90 Å². The van der Waals surface area contributed by atoms with Crippen LogP contribution in [0.1, 0.15) is 71.8 Å². The smallest absolute Gasteiger partial charge is 0.241 e. The molecule has 212 valence electrons. The summed E-state index contributed by atoms with van der Waals surface area (Å²) >= 11 is 0. The topological polar surface area (TPSA) is 92.3 Å². The number of nitrogens with zero attached hydrogens (tertiary/aromatic N) is 3. The maximum absolute atomic E-state index is 13.9. The summed E-state index contributed by atoms with van der Waals surface area (Å²) in [6.07, 6.45) is 6.26. The summed E-state index contributed by atoms with van der Waals surface area (Å²) in [6.45, 7) is 6.14. The molecule has 1 aliphatic rings. The van der Waals surface area contributed by atoms with E-state index in [0.29, 0.717) is 25.2 Å². The summed E-state index contributed by atoms with van der Waals surface area (Å²) < 4.78 is 29.5. The molecule has 0 bridgehead atoms. The molecule has 1 aromatic heterocycles. The third kappa shape index (κ3) is 6.89.